The standard InChI is InChI=1S/C12H13Cl2N3S/c1-3-11-15-16-12(17(11)2)18-7-8-4-5-9(13)10(14)6-8/h4-6H,3,7H2,1-2H3. The van der Waals surface area contributed by atoms with Crippen molar-refractivity contribution in [1.29, 1.82) is 0 Å². The highest BCUT2D eigenvalue weighted by molar-refractivity contribution is 7.98. The van der Waals surface area contributed by atoms with Gasteiger partial charge in [0, 0.05) is 19.2 Å². The van der Waals surface area contributed by atoms with Crippen molar-refractivity contribution in [1.82, 2.24) is 14.8 Å². The smallest absolute Gasteiger partial charge is 0.191 e. The van der Waals surface area contributed by atoms with Crippen LogP contribution in [-0.2, 0) is 19.2 Å². The van der Waals surface area contributed by atoms with Crippen molar-refractivity contribution in [3.8, 4) is 0 Å². The molecule has 2 rings (SSSR count). The van der Waals surface area contributed by atoms with Gasteiger partial charge in [-0.3, -0.25) is 0 Å². The lowest BCUT2D eigenvalue weighted by atomic mass is 10.2. The van der Waals surface area contributed by atoms with Crippen molar-refractivity contribution < 1.29 is 0 Å². The van der Waals surface area contributed by atoms with Gasteiger partial charge in [-0.25, -0.2) is 0 Å². The molecule has 18 heavy (non-hydrogen) atoms. The molecule has 0 saturated heterocycles. The van der Waals surface area contributed by atoms with E-state index >= 15 is 0 Å². The SMILES string of the molecule is CCc1nnc(SCc2ccc(Cl)c(Cl)c2)n1C. The van der Waals surface area contributed by atoms with Gasteiger partial charge in [0.05, 0.1) is 10.0 Å². The van der Waals surface area contributed by atoms with Crippen LogP contribution in [0.3, 0.4) is 0 Å². The molecule has 1 aromatic carbocycles. The summed E-state index contributed by atoms with van der Waals surface area (Å²) in [5.41, 5.74) is 1.12. The molecule has 0 bridgehead atoms. The van der Waals surface area contributed by atoms with Crippen molar-refractivity contribution in [3.05, 3.63) is 39.6 Å². The molecule has 6 heteroatoms. The Labute approximate surface area is 121 Å². The van der Waals surface area contributed by atoms with Gasteiger partial charge < -0.3 is 4.57 Å². The molecule has 0 aliphatic carbocycles. The number of aromatic nitrogens is 3. The van der Waals surface area contributed by atoms with E-state index in [0.29, 0.717) is 10.0 Å². The predicted octanol–water partition coefficient (Wildman–Crippen LogP) is 3.98. The summed E-state index contributed by atoms with van der Waals surface area (Å²) in [4.78, 5) is 0. The van der Waals surface area contributed by atoms with Crippen LogP contribution in [0.25, 0.3) is 0 Å². The van der Waals surface area contributed by atoms with Gasteiger partial charge >= 0.3 is 0 Å². The highest BCUT2D eigenvalue weighted by Gasteiger charge is 2.08. The van der Waals surface area contributed by atoms with E-state index in [-0.39, 0.29) is 0 Å². The van der Waals surface area contributed by atoms with Gasteiger partial charge in [0.15, 0.2) is 5.16 Å². The molecule has 0 N–H and O–H groups in total. The molecule has 0 fully saturated rings. The third-order valence-corrected chi connectivity index (χ3v) is 4.42. The average Bonchev–Trinajstić information content (AvgIpc) is 2.72. The molecule has 0 radical (unpaired) electrons. The van der Waals surface area contributed by atoms with E-state index in [4.69, 9.17) is 23.2 Å². The van der Waals surface area contributed by atoms with Crippen molar-refractivity contribution in [2.45, 2.75) is 24.3 Å². The minimum absolute atomic E-state index is 0.581. The monoisotopic (exact) mass is 301 g/mol. The second-order valence-electron chi connectivity index (χ2n) is 3.85. The van der Waals surface area contributed by atoms with Gasteiger partial charge in [0.25, 0.3) is 0 Å². The average molecular weight is 302 g/mol. The fourth-order valence-electron chi connectivity index (χ4n) is 1.56. The Kier molecular flexibility index (Phi) is 4.54. The number of benzene rings is 1. The van der Waals surface area contributed by atoms with Crippen molar-refractivity contribution in [2.24, 2.45) is 7.05 Å². The molecule has 96 valence electrons. The molecule has 0 aliphatic heterocycles. The van der Waals surface area contributed by atoms with Crippen LogP contribution in [0.2, 0.25) is 10.0 Å². The van der Waals surface area contributed by atoms with Crippen LogP contribution < -0.4 is 0 Å². The zero-order chi connectivity index (χ0) is 13.1. The number of hydrogen-bond donors (Lipinski definition) is 0. The number of thioether (sulfide) groups is 1. The van der Waals surface area contributed by atoms with Crippen LogP contribution in [0.15, 0.2) is 23.4 Å². The Morgan fingerprint density at radius 1 is 1.22 bits per heavy atom. The highest BCUT2D eigenvalue weighted by atomic mass is 35.5. The zero-order valence-corrected chi connectivity index (χ0v) is 12.5. The normalized spacial score (nSPS) is 10.9. The van der Waals surface area contributed by atoms with E-state index in [0.717, 1.165) is 28.7 Å². The number of aryl methyl sites for hydroxylation is 1. The Balaban J connectivity index is 2.06. The van der Waals surface area contributed by atoms with Gasteiger partial charge in [-0.1, -0.05) is 48.0 Å². The van der Waals surface area contributed by atoms with E-state index in [2.05, 4.69) is 17.1 Å². The third kappa shape index (κ3) is 2.99. The fraction of sp³-hybridized carbons (Fsp3) is 0.333. The van der Waals surface area contributed by atoms with Gasteiger partial charge in [0.2, 0.25) is 0 Å². The second kappa shape index (κ2) is 5.95. The molecule has 0 amide bonds. The molecule has 0 aliphatic rings. The fourth-order valence-corrected chi connectivity index (χ4v) is 2.75. The van der Waals surface area contributed by atoms with Crippen LogP contribution in [0.4, 0.5) is 0 Å². The minimum Gasteiger partial charge on any atom is -0.309 e. The summed E-state index contributed by atoms with van der Waals surface area (Å²) in [6, 6.07) is 5.67. The Morgan fingerprint density at radius 3 is 2.61 bits per heavy atom. The van der Waals surface area contributed by atoms with Crippen molar-refractivity contribution in [2.75, 3.05) is 0 Å². The van der Waals surface area contributed by atoms with Gasteiger partial charge in [-0.15, -0.1) is 10.2 Å². The van der Waals surface area contributed by atoms with E-state index in [1.807, 2.05) is 29.8 Å². The Bertz CT molecular complexity index is 554. The lowest BCUT2D eigenvalue weighted by Crippen LogP contribution is -1.97. The number of hydrogen-bond acceptors (Lipinski definition) is 3. The molecule has 0 spiro atoms. The Morgan fingerprint density at radius 2 is 2.00 bits per heavy atom. The lowest BCUT2D eigenvalue weighted by molar-refractivity contribution is 0.741. The molecule has 1 aromatic heterocycles. The topological polar surface area (TPSA) is 30.7 Å². The quantitative estimate of drug-likeness (QED) is 0.800. The summed E-state index contributed by atoms with van der Waals surface area (Å²) in [7, 11) is 1.98. The van der Waals surface area contributed by atoms with E-state index in [9.17, 15) is 0 Å². The summed E-state index contributed by atoms with van der Waals surface area (Å²) in [6.07, 6.45) is 0.886. The highest BCUT2D eigenvalue weighted by Crippen LogP contribution is 2.26. The lowest BCUT2D eigenvalue weighted by Gasteiger charge is -2.04. The molecule has 1 heterocycles. The first-order chi connectivity index (χ1) is 8.61. The first-order valence-electron chi connectivity index (χ1n) is 5.56. The van der Waals surface area contributed by atoms with E-state index in [1.165, 1.54) is 0 Å². The maximum Gasteiger partial charge on any atom is 0.191 e. The van der Waals surface area contributed by atoms with Gasteiger partial charge in [-0.2, -0.15) is 0 Å². The van der Waals surface area contributed by atoms with Gasteiger partial charge in [-0.05, 0) is 17.7 Å². The summed E-state index contributed by atoms with van der Waals surface area (Å²) in [6.45, 7) is 2.07. The number of nitrogens with zero attached hydrogens (tertiary/aromatic N) is 3. The molecule has 0 atom stereocenters. The summed E-state index contributed by atoms with van der Waals surface area (Å²) in [5.74, 6) is 1.79. The van der Waals surface area contributed by atoms with Gasteiger partial charge in [0.1, 0.15) is 5.82 Å². The van der Waals surface area contributed by atoms with Crippen LogP contribution in [-0.4, -0.2) is 14.8 Å². The molecular formula is C12H13Cl2N3S. The number of rotatable bonds is 4. The maximum absolute atomic E-state index is 5.98. The van der Waals surface area contributed by atoms with Crippen LogP contribution in [0, 0.1) is 0 Å². The summed E-state index contributed by atoms with van der Waals surface area (Å²) >= 11 is 13.5. The summed E-state index contributed by atoms with van der Waals surface area (Å²) < 4.78 is 2.02. The van der Waals surface area contributed by atoms with E-state index < -0.39 is 0 Å². The predicted molar refractivity (Wildman–Crippen MR) is 76.4 cm³/mol. The van der Waals surface area contributed by atoms with Crippen LogP contribution in [0.5, 0.6) is 0 Å². The zero-order valence-electron chi connectivity index (χ0n) is 10.2. The van der Waals surface area contributed by atoms with Crippen LogP contribution in [0.1, 0.15) is 18.3 Å². The molecule has 0 unspecified atom stereocenters. The molecule has 2 aromatic rings. The van der Waals surface area contributed by atoms with Crippen molar-refractivity contribution >= 4 is 35.0 Å². The number of halogens is 2. The first kappa shape index (κ1) is 13.7. The second-order valence-corrected chi connectivity index (χ2v) is 5.61. The van der Waals surface area contributed by atoms with E-state index in [1.54, 1.807) is 11.8 Å². The first-order valence-corrected chi connectivity index (χ1v) is 7.31. The van der Waals surface area contributed by atoms with Crippen LogP contribution >= 0.6 is 35.0 Å². The molecule has 0 saturated carbocycles. The van der Waals surface area contributed by atoms with Crippen molar-refractivity contribution in [3.63, 3.8) is 0 Å². The molecule has 3 nitrogen and oxygen atoms in total. The maximum atomic E-state index is 5.98. The largest absolute Gasteiger partial charge is 0.309 e. The Hall–Kier alpha value is -0.710. The molecular weight excluding hydrogens is 289 g/mol. The minimum atomic E-state index is 0.581. The third-order valence-electron chi connectivity index (χ3n) is 2.59. The summed E-state index contributed by atoms with van der Waals surface area (Å²) in [5, 5.41) is 10.4.